The van der Waals surface area contributed by atoms with Crippen LogP contribution >= 0.6 is 11.6 Å². The number of halogens is 1. The lowest BCUT2D eigenvalue weighted by atomic mass is 10.0. The molecule has 112 valence electrons. The van der Waals surface area contributed by atoms with Crippen LogP contribution in [0.5, 0.6) is 0 Å². The monoisotopic (exact) mass is 308 g/mol. The minimum atomic E-state index is -0.929. The van der Waals surface area contributed by atoms with E-state index in [1.807, 2.05) is 6.07 Å². The molecule has 2 rings (SSSR count). The predicted molar refractivity (Wildman–Crippen MR) is 81.4 cm³/mol. The number of rotatable bonds is 5. The van der Waals surface area contributed by atoms with E-state index in [1.165, 1.54) is 0 Å². The number of amides is 1. The van der Waals surface area contributed by atoms with Crippen LogP contribution < -0.4 is 5.32 Å². The topological polar surface area (TPSA) is 82.2 Å². The Morgan fingerprint density at radius 1 is 1.38 bits per heavy atom. The van der Waals surface area contributed by atoms with Gasteiger partial charge in [0.15, 0.2) is 0 Å². The van der Waals surface area contributed by atoms with Gasteiger partial charge in [0.1, 0.15) is 0 Å². The number of carbonyl (C=O) groups is 2. The molecular weight excluding hydrogens is 292 g/mol. The van der Waals surface area contributed by atoms with Gasteiger partial charge in [-0.15, -0.1) is 0 Å². The minimum absolute atomic E-state index is 0.178. The number of aliphatic carboxylic acids is 1. The molecule has 1 aromatic carbocycles. The van der Waals surface area contributed by atoms with Crippen LogP contribution in [0.4, 0.5) is 0 Å². The maximum atomic E-state index is 12.0. The highest BCUT2D eigenvalue weighted by Crippen LogP contribution is 2.22. The van der Waals surface area contributed by atoms with Crippen LogP contribution in [0, 0.1) is 5.92 Å². The molecule has 0 radical (unpaired) electrons. The number of hydrogen-bond acceptors (Lipinski definition) is 2. The molecule has 21 heavy (non-hydrogen) atoms. The highest BCUT2D eigenvalue weighted by Gasteiger charge is 2.21. The minimum Gasteiger partial charge on any atom is -0.481 e. The van der Waals surface area contributed by atoms with Gasteiger partial charge >= 0.3 is 5.97 Å². The van der Waals surface area contributed by atoms with Crippen molar-refractivity contribution in [3.05, 3.63) is 35.0 Å². The number of aromatic amines is 1. The summed E-state index contributed by atoms with van der Waals surface area (Å²) >= 11 is 5.97. The molecule has 5 nitrogen and oxygen atoms in total. The number of carbonyl (C=O) groups excluding carboxylic acids is 1. The zero-order valence-corrected chi connectivity index (χ0v) is 12.6. The molecule has 2 atom stereocenters. The van der Waals surface area contributed by atoms with Crippen LogP contribution in [0.3, 0.4) is 0 Å². The van der Waals surface area contributed by atoms with E-state index < -0.39 is 17.9 Å². The number of H-pyrrole nitrogens is 1. The van der Waals surface area contributed by atoms with Crippen molar-refractivity contribution in [2.45, 2.75) is 26.3 Å². The van der Waals surface area contributed by atoms with E-state index in [4.69, 9.17) is 16.7 Å². The summed E-state index contributed by atoms with van der Waals surface area (Å²) in [5, 5.41) is 13.1. The van der Waals surface area contributed by atoms with Crippen molar-refractivity contribution in [1.29, 1.82) is 0 Å². The number of aromatic nitrogens is 1. The third-order valence-electron chi connectivity index (χ3n) is 3.61. The van der Waals surface area contributed by atoms with Gasteiger partial charge in [0.25, 0.3) is 0 Å². The second-order valence-corrected chi connectivity index (χ2v) is 5.60. The number of benzene rings is 1. The Bertz CT molecular complexity index is 681. The van der Waals surface area contributed by atoms with E-state index in [9.17, 15) is 9.59 Å². The molecule has 0 aliphatic heterocycles. The average molecular weight is 309 g/mol. The highest BCUT2D eigenvalue weighted by atomic mass is 35.5. The SMILES string of the molecule is CC(NC(=O)Cc1c[nH]c2ccc(Cl)cc12)C(C)C(=O)O. The van der Waals surface area contributed by atoms with Gasteiger partial charge in [-0.25, -0.2) is 0 Å². The Morgan fingerprint density at radius 2 is 2.10 bits per heavy atom. The van der Waals surface area contributed by atoms with E-state index in [1.54, 1.807) is 32.2 Å². The summed E-state index contributed by atoms with van der Waals surface area (Å²) in [5.74, 6) is -1.77. The largest absolute Gasteiger partial charge is 0.481 e. The fraction of sp³-hybridized carbons (Fsp3) is 0.333. The summed E-state index contributed by atoms with van der Waals surface area (Å²) in [7, 11) is 0. The summed E-state index contributed by atoms with van der Waals surface area (Å²) in [6, 6.07) is 5.01. The fourth-order valence-corrected chi connectivity index (χ4v) is 2.29. The lowest BCUT2D eigenvalue weighted by Gasteiger charge is -2.17. The molecule has 0 saturated heterocycles. The Labute approximate surface area is 127 Å². The van der Waals surface area contributed by atoms with Crippen molar-refractivity contribution in [3.63, 3.8) is 0 Å². The number of hydrogen-bond donors (Lipinski definition) is 3. The standard InChI is InChI=1S/C15H17ClN2O3/c1-8(15(20)21)9(2)18-14(19)5-10-7-17-13-4-3-11(16)6-12(10)13/h3-4,6-9,17H,5H2,1-2H3,(H,18,19)(H,20,21). The predicted octanol–water partition coefficient (Wildman–Crippen LogP) is 2.59. The molecule has 0 saturated carbocycles. The van der Waals surface area contributed by atoms with Gasteiger partial charge in [0, 0.05) is 28.2 Å². The summed E-state index contributed by atoms with van der Waals surface area (Å²) < 4.78 is 0. The lowest BCUT2D eigenvalue weighted by molar-refractivity contribution is -0.142. The van der Waals surface area contributed by atoms with E-state index in [2.05, 4.69) is 10.3 Å². The molecule has 2 aromatic rings. The van der Waals surface area contributed by atoms with E-state index in [0.29, 0.717) is 5.02 Å². The smallest absolute Gasteiger partial charge is 0.308 e. The number of carboxylic acids is 1. The zero-order valence-electron chi connectivity index (χ0n) is 11.8. The first kappa shape index (κ1) is 15.4. The molecule has 6 heteroatoms. The van der Waals surface area contributed by atoms with Crippen LogP contribution in [-0.4, -0.2) is 28.0 Å². The fourth-order valence-electron chi connectivity index (χ4n) is 2.11. The Balaban J connectivity index is 2.08. The van der Waals surface area contributed by atoms with Crippen molar-refractivity contribution in [2.24, 2.45) is 5.92 Å². The summed E-state index contributed by atoms with van der Waals surface area (Å²) in [6.07, 6.45) is 1.95. The molecule has 0 fully saturated rings. The number of carboxylic acid groups (broad SMARTS) is 1. The Hall–Kier alpha value is -2.01. The van der Waals surface area contributed by atoms with Crippen molar-refractivity contribution in [3.8, 4) is 0 Å². The second kappa shape index (κ2) is 6.18. The molecule has 1 aromatic heterocycles. The Kier molecular flexibility index (Phi) is 4.53. The van der Waals surface area contributed by atoms with Crippen molar-refractivity contribution in [2.75, 3.05) is 0 Å². The first-order valence-corrected chi connectivity index (χ1v) is 7.04. The normalized spacial score (nSPS) is 13.9. The second-order valence-electron chi connectivity index (χ2n) is 5.16. The van der Waals surface area contributed by atoms with Crippen LogP contribution in [0.25, 0.3) is 10.9 Å². The van der Waals surface area contributed by atoms with Crippen LogP contribution in [0.15, 0.2) is 24.4 Å². The quantitative estimate of drug-likeness (QED) is 0.794. The zero-order chi connectivity index (χ0) is 15.6. The van der Waals surface area contributed by atoms with E-state index in [0.717, 1.165) is 16.5 Å². The highest BCUT2D eigenvalue weighted by molar-refractivity contribution is 6.31. The van der Waals surface area contributed by atoms with Gasteiger partial charge in [-0.1, -0.05) is 11.6 Å². The first-order valence-electron chi connectivity index (χ1n) is 6.66. The molecule has 0 aliphatic carbocycles. The summed E-state index contributed by atoms with van der Waals surface area (Å²) in [6.45, 7) is 3.25. The maximum Gasteiger partial charge on any atom is 0.308 e. The van der Waals surface area contributed by atoms with Crippen molar-refractivity contribution in [1.82, 2.24) is 10.3 Å². The van der Waals surface area contributed by atoms with E-state index in [-0.39, 0.29) is 12.3 Å². The van der Waals surface area contributed by atoms with Crippen molar-refractivity contribution >= 4 is 34.4 Å². The van der Waals surface area contributed by atoms with Gasteiger partial charge in [0.05, 0.1) is 12.3 Å². The number of nitrogens with one attached hydrogen (secondary N) is 2. The van der Waals surface area contributed by atoms with Crippen LogP contribution in [0.1, 0.15) is 19.4 Å². The lowest BCUT2D eigenvalue weighted by Crippen LogP contribution is -2.40. The summed E-state index contributed by atoms with van der Waals surface area (Å²) in [4.78, 5) is 26.0. The molecule has 1 heterocycles. The van der Waals surface area contributed by atoms with Gasteiger partial charge in [-0.05, 0) is 37.6 Å². The van der Waals surface area contributed by atoms with Crippen LogP contribution in [-0.2, 0) is 16.0 Å². The first-order chi connectivity index (χ1) is 9.88. The third-order valence-corrected chi connectivity index (χ3v) is 3.84. The maximum absolute atomic E-state index is 12.0. The molecule has 0 bridgehead atoms. The molecule has 0 spiro atoms. The Morgan fingerprint density at radius 3 is 2.76 bits per heavy atom. The van der Waals surface area contributed by atoms with Gasteiger partial charge in [-0.3, -0.25) is 9.59 Å². The third kappa shape index (κ3) is 3.55. The molecule has 2 unspecified atom stereocenters. The van der Waals surface area contributed by atoms with E-state index >= 15 is 0 Å². The van der Waals surface area contributed by atoms with Crippen molar-refractivity contribution < 1.29 is 14.7 Å². The van der Waals surface area contributed by atoms with Gasteiger partial charge in [-0.2, -0.15) is 0 Å². The average Bonchev–Trinajstić information content (AvgIpc) is 2.80. The van der Waals surface area contributed by atoms with Gasteiger partial charge in [0.2, 0.25) is 5.91 Å². The van der Waals surface area contributed by atoms with Crippen LogP contribution in [0.2, 0.25) is 5.02 Å². The summed E-state index contributed by atoms with van der Waals surface area (Å²) in [5.41, 5.74) is 1.74. The molecule has 3 N–H and O–H groups in total. The molecule has 1 amide bonds. The van der Waals surface area contributed by atoms with Gasteiger partial charge < -0.3 is 15.4 Å². The molecule has 0 aliphatic rings. The molecular formula is C15H17ClN2O3. The number of fused-ring (bicyclic) bond motifs is 1.